The molecule has 534 valence electrons. The molecule has 0 amide bonds. The lowest BCUT2D eigenvalue weighted by atomic mass is 9.78. The molecule has 0 aliphatic carbocycles. The van der Waals surface area contributed by atoms with Crippen LogP contribution in [0.25, 0.3) is 211 Å². The number of rotatable bonds is 8. The van der Waals surface area contributed by atoms with Crippen LogP contribution in [0.3, 0.4) is 0 Å². The zero-order valence-electron chi connectivity index (χ0n) is 60.8. The first-order chi connectivity index (χ1) is 54.8. The van der Waals surface area contributed by atoms with Crippen molar-refractivity contribution in [3.05, 3.63) is 308 Å². The van der Waals surface area contributed by atoms with Crippen molar-refractivity contribution in [3.8, 4) is 79.5 Å². The highest BCUT2D eigenvalue weighted by molar-refractivity contribution is 9.10. The lowest BCUT2D eigenvalue weighted by Crippen LogP contribution is -2.41. The van der Waals surface area contributed by atoms with Crippen molar-refractivity contribution in [2.45, 2.75) is 38.9 Å². The number of hydrogen-bond donors (Lipinski definition) is 0. The minimum atomic E-state index is -0.451. The van der Waals surface area contributed by atoms with Gasteiger partial charge < -0.3 is 35.8 Å². The van der Waals surface area contributed by atoms with Gasteiger partial charge in [-0.25, -0.2) is 29.9 Å². The molecule has 1 saturated heterocycles. The molecular weight excluding hydrogens is 1460 g/mol. The summed E-state index contributed by atoms with van der Waals surface area (Å²) in [4.78, 5) is 29.7. The van der Waals surface area contributed by atoms with Gasteiger partial charge in [0.25, 0.3) is 0 Å². The van der Waals surface area contributed by atoms with Crippen LogP contribution in [-0.4, -0.2) is 48.2 Å². The lowest BCUT2D eigenvalue weighted by molar-refractivity contribution is 0.00578. The van der Waals surface area contributed by atoms with E-state index in [0.29, 0.717) is 34.9 Å². The Morgan fingerprint density at radius 2 is 0.545 bits per heavy atom. The predicted molar refractivity (Wildman–Crippen MR) is 451 cm³/mol. The van der Waals surface area contributed by atoms with Crippen LogP contribution in [0.1, 0.15) is 27.7 Å². The molecule has 0 spiro atoms. The molecule has 23 rings (SSSR count). The minimum absolute atomic E-state index is 0.417. The minimum Gasteiger partial charge on any atom is -0.456 e. The van der Waals surface area contributed by atoms with Crippen molar-refractivity contribution >= 4 is 160 Å². The third-order valence-electron chi connectivity index (χ3n) is 21.7. The van der Waals surface area contributed by atoms with E-state index in [0.717, 1.165) is 186 Å². The molecule has 0 atom stereocenters. The smallest absolute Gasteiger partial charge is 0.456 e. The van der Waals surface area contributed by atoms with Crippen LogP contribution in [0, 0.1) is 0 Å². The Balaban J connectivity index is 0.000000121. The molecule has 0 unspecified atom stereocenters. The van der Waals surface area contributed by atoms with Gasteiger partial charge in [0.15, 0.2) is 34.9 Å². The first-order valence-corrected chi connectivity index (χ1v) is 37.8. The summed E-state index contributed by atoms with van der Waals surface area (Å²) < 4.78 is 50.8. The van der Waals surface area contributed by atoms with E-state index in [1.807, 2.05) is 218 Å². The summed E-state index contributed by atoms with van der Waals surface area (Å²) in [5.74, 6) is 3.43. The molecule has 0 bridgehead atoms. The average molecular weight is 1520 g/mol. The standard InChI is InChI=1S/C45H25N3O3.C39H30BN3O4.C12H7BrO/c1-2-9-26(10-3-1)43-46-44(28-17-20-32-31-11-4-6-14-36(31)50-40(32)24-28)48-45(47-43)29-18-21-33-35-23-27(19-22-38(35)51-41(33)25-29)30-13-8-16-39-42(30)34-12-5-7-15-37(34)49-39;1-38(2)39(3,4)47-40(46-38)26-16-19-32-30(22-26)29-18-15-25(21-34(29)45-32)37-42-35(23-10-6-5-7-11-23)41-36(43-37)24-14-17-28-27-12-8-9-13-31(27)44-33(28)20-24;13-9-5-3-7-11-12(9)8-4-1-2-6-10(8)14-11/h1-25H;5-22H,1-4H3;1-7H. The number of benzene rings is 14. The van der Waals surface area contributed by atoms with Gasteiger partial charge in [-0.05, 0) is 153 Å². The van der Waals surface area contributed by atoms with Gasteiger partial charge in [-0.15, -0.1) is 0 Å². The van der Waals surface area contributed by atoms with Crippen LogP contribution >= 0.6 is 15.9 Å². The van der Waals surface area contributed by atoms with Crippen molar-refractivity contribution in [1.29, 1.82) is 0 Å². The van der Waals surface area contributed by atoms with Crippen LogP contribution in [0.5, 0.6) is 0 Å². The molecule has 0 radical (unpaired) electrons. The molecule has 112 heavy (non-hydrogen) atoms. The summed E-state index contributed by atoms with van der Waals surface area (Å²) >= 11 is 3.54. The molecular formula is C96H62BBrN6O8. The maximum atomic E-state index is 6.45. The molecule has 14 aromatic carbocycles. The van der Waals surface area contributed by atoms with Gasteiger partial charge in [-0.2, -0.15) is 0 Å². The van der Waals surface area contributed by atoms with Gasteiger partial charge in [-0.1, -0.05) is 210 Å². The van der Waals surface area contributed by atoms with E-state index >= 15 is 0 Å². The molecule has 9 heterocycles. The summed E-state index contributed by atoms with van der Waals surface area (Å²) in [6.45, 7) is 8.25. The Kier molecular flexibility index (Phi) is 15.6. The zero-order chi connectivity index (χ0) is 74.9. The number of aromatic nitrogens is 6. The number of halogens is 1. The second-order valence-electron chi connectivity index (χ2n) is 29.1. The summed E-state index contributed by atoms with van der Waals surface area (Å²) in [5.41, 5.74) is 17.5. The molecule has 0 saturated carbocycles. The monoisotopic (exact) mass is 1520 g/mol. The van der Waals surface area contributed by atoms with Crippen LogP contribution in [0.2, 0.25) is 0 Å². The lowest BCUT2D eigenvalue weighted by Gasteiger charge is -2.32. The maximum Gasteiger partial charge on any atom is 0.494 e. The quantitative estimate of drug-likeness (QED) is 0.131. The molecule has 0 N–H and O–H groups in total. The van der Waals surface area contributed by atoms with E-state index in [9.17, 15) is 0 Å². The first-order valence-electron chi connectivity index (χ1n) is 37.0. The summed E-state index contributed by atoms with van der Waals surface area (Å²) in [5, 5.41) is 12.9. The second-order valence-corrected chi connectivity index (χ2v) is 30.0. The molecule has 8 aromatic heterocycles. The number of hydrogen-bond acceptors (Lipinski definition) is 14. The van der Waals surface area contributed by atoms with E-state index in [-0.39, 0.29) is 0 Å². The number of para-hydroxylation sites is 4. The van der Waals surface area contributed by atoms with Crippen molar-refractivity contribution in [1.82, 2.24) is 29.9 Å². The summed E-state index contributed by atoms with van der Waals surface area (Å²) in [7, 11) is -0.451. The molecule has 22 aromatic rings. The van der Waals surface area contributed by atoms with Gasteiger partial charge >= 0.3 is 7.12 Å². The average Bonchev–Trinajstić information content (AvgIpc) is 1.55. The fourth-order valence-corrected chi connectivity index (χ4v) is 15.9. The van der Waals surface area contributed by atoms with E-state index in [4.69, 9.17) is 65.7 Å². The van der Waals surface area contributed by atoms with E-state index in [2.05, 4.69) is 129 Å². The number of furan rings is 6. The van der Waals surface area contributed by atoms with Gasteiger partial charge in [-0.3, -0.25) is 0 Å². The van der Waals surface area contributed by atoms with Crippen LogP contribution in [-0.2, 0) is 9.31 Å². The highest BCUT2D eigenvalue weighted by Gasteiger charge is 2.52. The van der Waals surface area contributed by atoms with Gasteiger partial charge in [0, 0.05) is 102 Å². The topological polar surface area (TPSA) is 175 Å². The van der Waals surface area contributed by atoms with E-state index < -0.39 is 18.3 Å². The fourth-order valence-electron chi connectivity index (χ4n) is 15.3. The first kappa shape index (κ1) is 66.6. The van der Waals surface area contributed by atoms with E-state index in [1.54, 1.807) is 0 Å². The van der Waals surface area contributed by atoms with Gasteiger partial charge in [0.05, 0.1) is 11.2 Å². The largest absolute Gasteiger partial charge is 0.494 e. The Morgan fingerprint density at radius 3 is 1.00 bits per heavy atom. The van der Waals surface area contributed by atoms with Gasteiger partial charge in [0.1, 0.15) is 67.0 Å². The summed E-state index contributed by atoms with van der Waals surface area (Å²) in [6.07, 6.45) is 0. The zero-order valence-corrected chi connectivity index (χ0v) is 62.4. The molecule has 16 heteroatoms. The van der Waals surface area contributed by atoms with Crippen LogP contribution < -0.4 is 5.46 Å². The Morgan fingerprint density at radius 1 is 0.232 bits per heavy atom. The number of nitrogens with zero attached hydrogens (tertiary/aromatic N) is 6. The third-order valence-corrected chi connectivity index (χ3v) is 22.3. The van der Waals surface area contributed by atoms with E-state index in [1.165, 1.54) is 0 Å². The SMILES string of the molecule is Brc1cccc2oc3ccccc3c12.CC1(C)OB(c2ccc3oc4cc(-c5nc(-c6ccccc6)nc(-c6ccc7c(c6)oc6ccccc67)n5)ccc4c3c2)OC1(C)C.c1ccc(-c2nc(-c3ccc4c(c3)oc3ccccc34)nc(-c3ccc4c(c3)oc3ccc(-c5cccc6oc7ccccc7c56)cc34)n2)cc1. The molecule has 1 aliphatic heterocycles. The number of fused-ring (bicyclic) bond motifs is 18. The molecule has 1 aliphatic rings. The Labute approximate surface area is 647 Å². The van der Waals surface area contributed by atoms with Crippen LogP contribution in [0.4, 0.5) is 0 Å². The normalized spacial score (nSPS) is 13.5. The van der Waals surface area contributed by atoms with Gasteiger partial charge in [0.2, 0.25) is 0 Å². The van der Waals surface area contributed by atoms with Crippen LogP contribution in [0.15, 0.2) is 334 Å². The van der Waals surface area contributed by atoms with Crippen molar-refractivity contribution < 1.29 is 35.8 Å². The Hall–Kier alpha value is -13.6. The molecule has 1 fully saturated rings. The second kappa shape index (κ2) is 26.3. The highest BCUT2D eigenvalue weighted by Crippen LogP contribution is 2.44. The van der Waals surface area contributed by atoms with Crippen molar-refractivity contribution in [2.75, 3.05) is 0 Å². The highest BCUT2D eigenvalue weighted by atomic mass is 79.9. The van der Waals surface area contributed by atoms with Crippen molar-refractivity contribution in [2.24, 2.45) is 0 Å². The Bertz CT molecular complexity index is 7510. The summed E-state index contributed by atoms with van der Waals surface area (Å²) in [6, 6.07) is 102. The van der Waals surface area contributed by atoms with Crippen molar-refractivity contribution in [3.63, 3.8) is 0 Å². The molecule has 14 nitrogen and oxygen atoms in total. The predicted octanol–water partition coefficient (Wildman–Crippen LogP) is 25.6. The maximum absolute atomic E-state index is 6.45. The third kappa shape index (κ3) is 11.6. The fraction of sp³-hybridized carbons (Fsp3) is 0.0625.